The van der Waals surface area contributed by atoms with Gasteiger partial charge in [-0.05, 0) is 47.8 Å². The van der Waals surface area contributed by atoms with E-state index in [9.17, 15) is 4.79 Å². The van der Waals surface area contributed by atoms with Crippen molar-refractivity contribution in [3.05, 3.63) is 28.5 Å². The molecule has 0 spiro atoms. The Labute approximate surface area is 97.6 Å². The summed E-state index contributed by atoms with van der Waals surface area (Å²) in [5.74, 6) is 0.0833. The highest BCUT2D eigenvalue weighted by atomic mass is 79.9. The number of pyridine rings is 1. The molecule has 0 aromatic carbocycles. The second-order valence-corrected chi connectivity index (χ2v) is 4.58. The SMILES string of the molecule is CC1CCCN1C(=O)c1cccnc1Br. The standard InChI is InChI=1S/C11H13BrN2O/c1-8-4-3-7-14(8)11(15)9-5-2-6-13-10(9)12/h2,5-6,8H,3-4,7H2,1H3. The topological polar surface area (TPSA) is 33.2 Å². The zero-order valence-electron chi connectivity index (χ0n) is 8.61. The van der Waals surface area contributed by atoms with Gasteiger partial charge in [-0.25, -0.2) is 4.98 Å². The predicted octanol–water partition coefficient (Wildman–Crippen LogP) is 2.47. The Morgan fingerprint density at radius 1 is 1.67 bits per heavy atom. The highest BCUT2D eigenvalue weighted by Gasteiger charge is 2.27. The van der Waals surface area contributed by atoms with Crippen molar-refractivity contribution in [2.75, 3.05) is 6.54 Å². The van der Waals surface area contributed by atoms with Gasteiger partial charge in [-0.15, -0.1) is 0 Å². The Balaban J connectivity index is 2.24. The fraction of sp³-hybridized carbons (Fsp3) is 0.455. The molecule has 2 heterocycles. The summed E-state index contributed by atoms with van der Waals surface area (Å²) in [7, 11) is 0. The molecule has 0 aliphatic carbocycles. The zero-order valence-corrected chi connectivity index (χ0v) is 10.2. The third-order valence-electron chi connectivity index (χ3n) is 2.80. The second-order valence-electron chi connectivity index (χ2n) is 3.83. The van der Waals surface area contributed by atoms with Crippen LogP contribution in [0.2, 0.25) is 0 Å². The van der Waals surface area contributed by atoms with Crippen molar-refractivity contribution in [3.63, 3.8) is 0 Å². The molecular weight excluding hydrogens is 256 g/mol. The molecule has 0 bridgehead atoms. The van der Waals surface area contributed by atoms with Gasteiger partial charge in [0.1, 0.15) is 4.60 Å². The summed E-state index contributed by atoms with van der Waals surface area (Å²) in [4.78, 5) is 18.1. The average molecular weight is 269 g/mol. The summed E-state index contributed by atoms with van der Waals surface area (Å²) in [6, 6.07) is 3.95. The van der Waals surface area contributed by atoms with Crippen LogP contribution >= 0.6 is 15.9 Å². The minimum absolute atomic E-state index is 0.0833. The molecule has 0 N–H and O–H groups in total. The van der Waals surface area contributed by atoms with Gasteiger partial charge < -0.3 is 4.90 Å². The lowest BCUT2D eigenvalue weighted by atomic mass is 10.2. The number of amides is 1. The number of rotatable bonds is 1. The number of halogens is 1. The van der Waals surface area contributed by atoms with E-state index in [0.717, 1.165) is 19.4 Å². The quantitative estimate of drug-likeness (QED) is 0.734. The lowest BCUT2D eigenvalue weighted by molar-refractivity contribution is 0.0746. The van der Waals surface area contributed by atoms with Crippen LogP contribution in [0.5, 0.6) is 0 Å². The van der Waals surface area contributed by atoms with Crippen LogP contribution in [0.25, 0.3) is 0 Å². The van der Waals surface area contributed by atoms with Crippen molar-refractivity contribution in [2.24, 2.45) is 0 Å². The van der Waals surface area contributed by atoms with E-state index in [1.807, 2.05) is 11.0 Å². The van der Waals surface area contributed by atoms with E-state index >= 15 is 0 Å². The fourth-order valence-electron chi connectivity index (χ4n) is 1.94. The van der Waals surface area contributed by atoms with E-state index in [1.54, 1.807) is 12.3 Å². The minimum atomic E-state index is 0.0833. The van der Waals surface area contributed by atoms with E-state index in [0.29, 0.717) is 16.2 Å². The smallest absolute Gasteiger partial charge is 0.256 e. The van der Waals surface area contributed by atoms with Crippen LogP contribution in [0.3, 0.4) is 0 Å². The van der Waals surface area contributed by atoms with Crippen molar-refractivity contribution in [3.8, 4) is 0 Å². The van der Waals surface area contributed by atoms with Crippen molar-refractivity contribution in [1.82, 2.24) is 9.88 Å². The molecule has 1 amide bonds. The van der Waals surface area contributed by atoms with E-state index in [4.69, 9.17) is 0 Å². The van der Waals surface area contributed by atoms with Gasteiger partial charge in [-0.1, -0.05) is 0 Å². The lowest BCUT2D eigenvalue weighted by Crippen LogP contribution is -2.33. The Morgan fingerprint density at radius 2 is 2.47 bits per heavy atom. The first-order valence-electron chi connectivity index (χ1n) is 5.11. The van der Waals surface area contributed by atoms with E-state index in [-0.39, 0.29) is 5.91 Å². The number of hydrogen-bond acceptors (Lipinski definition) is 2. The molecule has 1 aromatic rings. The van der Waals surface area contributed by atoms with Crippen LogP contribution in [-0.2, 0) is 0 Å². The van der Waals surface area contributed by atoms with Crippen LogP contribution in [0, 0.1) is 0 Å². The largest absolute Gasteiger partial charge is 0.336 e. The second kappa shape index (κ2) is 4.31. The molecule has 4 heteroatoms. The summed E-state index contributed by atoms with van der Waals surface area (Å²) in [6.45, 7) is 2.95. The number of carbonyl (C=O) groups excluding carboxylic acids is 1. The summed E-state index contributed by atoms with van der Waals surface area (Å²) >= 11 is 3.31. The maximum atomic E-state index is 12.1. The van der Waals surface area contributed by atoms with Crippen molar-refractivity contribution >= 4 is 21.8 Å². The van der Waals surface area contributed by atoms with Gasteiger partial charge in [0.25, 0.3) is 5.91 Å². The van der Waals surface area contributed by atoms with Crippen molar-refractivity contribution in [2.45, 2.75) is 25.8 Å². The van der Waals surface area contributed by atoms with Crippen LogP contribution in [0.4, 0.5) is 0 Å². The third kappa shape index (κ3) is 2.04. The lowest BCUT2D eigenvalue weighted by Gasteiger charge is -2.21. The molecule has 1 saturated heterocycles. The first-order chi connectivity index (χ1) is 7.20. The first-order valence-corrected chi connectivity index (χ1v) is 5.91. The van der Waals surface area contributed by atoms with Gasteiger partial charge in [0.05, 0.1) is 5.56 Å². The maximum absolute atomic E-state index is 12.1. The molecule has 1 unspecified atom stereocenters. The van der Waals surface area contributed by atoms with Crippen LogP contribution in [0.15, 0.2) is 22.9 Å². The highest BCUT2D eigenvalue weighted by molar-refractivity contribution is 9.10. The minimum Gasteiger partial charge on any atom is -0.336 e. The molecule has 80 valence electrons. The zero-order chi connectivity index (χ0) is 10.8. The molecule has 2 rings (SSSR count). The average Bonchev–Trinajstić information content (AvgIpc) is 2.64. The number of aromatic nitrogens is 1. The normalized spacial score (nSPS) is 20.7. The molecule has 0 saturated carbocycles. The first kappa shape index (κ1) is 10.6. The molecule has 1 aliphatic rings. The van der Waals surface area contributed by atoms with Crippen LogP contribution < -0.4 is 0 Å². The van der Waals surface area contributed by atoms with E-state index < -0.39 is 0 Å². The third-order valence-corrected chi connectivity index (χ3v) is 3.44. The Kier molecular flexibility index (Phi) is 3.05. The number of likely N-dealkylation sites (tertiary alicyclic amines) is 1. The van der Waals surface area contributed by atoms with Gasteiger partial charge in [0.15, 0.2) is 0 Å². The van der Waals surface area contributed by atoms with Gasteiger partial charge in [0, 0.05) is 18.8 Å². The summed E-state index contributed by atoms with van der Waals surface area (Å²) in [6.07, 6.45) is 3.88. The molecule has 1 atom stereocenters. The molecular formula is C11H13BrN2O. The summed E-state index contributed by atoms with van der Waals surface area (Å²) in [5.41, 5.74) is 0.659. The Hall–Kier alpha value is -0.900. The van der Waals surface area contributed by atoms with Gasteiger partial charge in [-0.2, -0.15) is 0 Å². The maximum Gasteiger partial charge on any atom is 0.256 e. The fourth-order valence-corrected chi connectivity index (χ4v) is 2.36. The highest BCUT2D eigenvalue weighted by Crippen LogP contribution is 2.22. The van der Waals surface area contributed by atoms with Gasteiger partial charge in [0.2, 0.25) is 0 Å². The molecule has 0 radical (unpaired) electrons. The number of carbonyl (C=O) groups is 1. The molecule has 15 heavy (non-hydrogen) atoms. The Bertz CT molecular complexity index is 381. The van der Waals surface area contributed by atoms with E-state index in [1.165, 1.54) is 0 Å². The molecule has 1 fully saturated rings. The number of nitrogens with zero attached hydrogens (tertiary/aromatic N) is 2. The van der Waals surface area contributed by atoms with Crippen molar-refractivity contribution in [1.29, 1.82) is 0 Å². The number of hydrogen-bond donors (Lipinski definition) is 0. The van der Waals surface area contributed by atoms with E-state index in [2.05, 4.69) is 27.8 Å². The van der Waals surface area contributed by atoms with Gasteiger partial charge in [-0.3, -0.25) is 4.79 Å². The monoisotopic (exact) mass is 268 g/mol. The van der Waals surface area contributed by atoms with Crippen molar-refractivity contribution < 1.29 is 4.79 Å². The molecule has 1 aromatic heterocycles. The predicted molar refractivity (Wildman–Crippen MR) is 61.7 cm³/mol. The van der Waals surface area contributed by atoms with Gasteiger partial charge >= 0.3 is 0 Å². The molecule has 1 aliphatic heterocycles. The summed E-state index contributed by atoms with van der Waals surface area (Å²) in [5, 5.41) is 0. The van der Waals surface area contributed by atoms with Crippen LogP contribution in [-0.4, -0.2) is 28.4 Å². The molecule has 3 nitrogen and oxygen atoms in total. The Morgan fingerprint density at radius 3 is 3.07 bits per heavy atom. The summed E-state index contributed by atoms with van der Waals surface area (Å²) < 4.78 is 0.633. The van der Waals surface area contributed by atoms with Crippen LogP contribution in [0.1, 0.15) is 30.1 Å².